The van der Waals surface area contributed by atoms with Gasteiger partial charge >= 0.3 is 0 Å². The standard InChI is InChI=1S/C26H33N5O2/c1-16-14-27-25(28-21-5-2-4-17(10-21)15-31-7-3-6-22(31)32)30-24(16)29-23-19-8-18-9-20(23)13-26(33,11-18)12-19/h2,4-5,10,14,18-20,23,33H,3,6-9,11-13,15H2,1H3,(H2,27,28,29,30). The molecule has 1 aromatic heterocycles. The summed E-state index contributed by atoms with van der Waals surface area (Å²) >= 11 is 0. The molecule has 7 rings (SSSR count). The number of carbonyl (C=O) groups is 1. The number of hydrogen-bond donors (Lipinski definition) is 3. The van der Waals surface area contributed by atoms with Gasteiger partial charge in [-0.3, -0.25) is 4.79 Å². The van der Waals surface area contributed by atoms with Gasteiger partial charge in [0.25, 0.3) is 0 Å². The number of aliphatic hydroxyl groups is 1. The van der Waals surface area contributed by atoms with E-state index in [1.807, 2.05) is 30.2 Å². The van der Waals surface area contributed by atoms with E-state index in [1.54, 1.807) is 0 Å². The largest absolute Gasteiger partial charge is 0.390 e. The topological polar surface area (TPSA) is 90.4 Å². The molecule has 0 radical (unpaired) electrons. The molecule has 174 valence electrons. The molecule has 33 heavy (non-hydrogen) atoms. The number of aryl methyl sites for hydroxylation is 1. The van der Waals surface area contributed by atoms with Gasteiger partial charge in [0, 0.05) is 43.0 Å². The Labute approximate surface area is 195 Å². The number of nitrogens with one attached hydrogen (secondary N) is 2. The Kier molecular flexibility index (Phi) is 5.05. The number of benzene rings is 1. The number of nitrogens with zero attached hydrogens (tertiary/aromatic N) is 3. The molecular weight excluding hydrogens is 414 g/mol. The van der Waals surface area contributed by atoms with Crippen molar-refractivity contribution in [3.8, 4) is 0 Å². The van der Waals surface area contributed by atoms with Crippen LogP contribution in [0, 0.1) is 24.7 Å². The molecule has 1 saturated heterocycles. The lowest BCUT2D eigenvalue weighted by atomic mass is 9.52. The van der Waals surface area contributed by atoms with E-state index >= 15 is 0 Å². The van der Waals surface area contributed by atoms with Gasteiger partial charge in [-0.2, -0.15) is 4.98 Å². The maximum Gasteiger partial charge on any atom is 0.229 e. The third-order valence-corrected chi connectivity index (χ3v) is 8.24. The highest BCUT2D eigenvalue weighted by Crippen LogP contribution is 2.56. The fraction of sp³-hybridized carbons (Fsp3) is 0.577. The average molecular weight is 448 g/mol. The van der Waals surface area contributed by atoms with E-state index in [9.17, 15) is 9.90 Å². The first kappa shape index (κ1) is 20.9. The Hall–Kier alpha value is -2.67. The number of rotatable bonds is 6. The summed E-state index contributed by atoms with van der Waals surface area (Å²) < 4.78 is 0. The second kappa shape index (κ2) is 7.97. The fourth-order valence-corrected chi connectivity index (χ4v) is 6.99. The molecule has 0 spiro atoms. The summed E-state index contributed by atoms with van der Waals surface area (Å²) in [5.41, 5.74) is 2.64. The minimum atomic E-state index is -0.424. The Balaban J connectivity index is 1.16. The van der Waals surface area contributed by atoms with Crippen LogP contribution in [0.4, 0.5) is 17.5 Å². The van der Waals surface area contributed by atoms with Crippen molar-refractivity contribution in [2.45, 2.75) is 70.1 Å². The molecule has 2 atom stereocenters. The van der Waals surface area contributed by atoms with Crippen molar-refractivity contribution in [3.05, 3.63) is 41.6 Å². The number of hydrogen-bond acceptors (Lipinski definition) is 6. The van der Waals surface area contributed by atoms with E-state index in [-0.39, 0.29) is 5.91 Å². The Bertz CT molecular complexity index is 1060. The van der Waals surface area contributed by atoms with E-state index in [1.165, 1.54) is 12.8 Å². The van der Waals surface area contributed by atoms with Crippen molar-refractivity contribution in [3.63, 3.8) is 0 Å². The minimum Gasteiger partial charge on any atom is -0.390 e. The van der Waals surface area contributed by atoms with Crippen LogP contribution in [0.5, 0.6) is 0 Å². The van der Waals surface area contributed by atoms with E-state index in [0.29, 0.717) is 42.7 Å². The van der Waals surface area contributed by atoms with Crippen LogP contribution >= 0.6 is 0 Å². The van der Waals surface area contributed by atoms with Crippen LogP contribution in [0.2, 0.25) is 0 Å². The van der Waals surface area contributed by atoms with Gasteiger partial charge in [0.15, 0.2) is 0 Å². The van der Waals surface area contributed by atoms with Gasteiger partial charge in [0.2, 0.25) is 11.9 Å². The maximum atomic E-state index is 12.0. The smallest absolute Gasteiger partial charge is 0.229 e. The van der Waals surface area contributed by atoms with Crippen LogP contribution in [0.3, 0.4) is 0 Å². The summed E-state index contributed by atoms with van der Waals surface area (Å²) in [6.07, 6.45) is 8.75. The van der Waals surface area contributed by atoms with Gasteiger partial charge in [-0.15, -0.1) is 0 Å². The number of likely N-dealkylation sites (tertiary alicyclic amines) is 1. The predicted molar refractivity (Wildman–Crippen MR) is 127 cm³/mol. The van der Waals surface area contributed by atoms with Crippen LogP contribution in [-0.2, 0) is 11.3 Å². The molecule has 1 aliphatic heterocycles. The van der Waals surface area contributed by atoms with Gasteiger partial charge in [0.1, 0.15) is 5.82 Å². The second-order valence-corrected chi connectivity index (χ2v) is 10.8. The first-order chi connectivity index (χ1) is 15.9. The Morgan fingerprint density at radius 2 is 2.03 bits per heavy atom. The number of aromatic nitrogens is 2. The molecule has 5 aliphatic rings. The highest BCUT2D eigenvalue weighted by Gasteiger charge is 2.54. The van der Waals surface area contributed by atoms with E-state index in [2.05, 4.69) is 27.8 Å². The molecule has 4 aliphatic carbocycles. The third-order valence-electron chi connectivity index (χ3n) is 8.24. The van der Waals surface area contributed by atoms with Crippen LogP contribution in [-0.4, -0.2) is 44.1 Å². The molecule has 4 bridgehead atoms. The number of carbonyl (C=O) groups excluding carboxylic acids is 1. The lowest BCUT2D eigenvalue weighted by molar-refractivity contribution is -0.129. The third kappa shape index (κ3) is 4.07. The molecule has 2 unspecified atom stereocenters. The molecule has 7 nitrogen and oxygen atoms in total. The summed E-state index contributed by atoms with van der Waals surface area (Å²) in [7, 11) is 0. The average Bonchev–Trinajstić information content (AvgIpc) is 3.16. The van der Waals surface area contributed by atoms with Crippen LogP contribution in [0.25, 0.3) is 0 Å². The minimum absolute atomic E-state index is 0.239. The molecule has 4 saturated carbocycles. The Morgan fingerprint density at radius 3 is 2.76 bits per heavy atom. The summed E-state index contributed by atoms with van der Waals surface area (Å²) in [6, 6.07) is 8.51. The van der Waals surface area contributed by atoms with Gasteiger partial charge in [-0.25, -0.2) is 4.98 Å². The van der Waals surface area contributed by atoms with Gasteiger partial charge in [-0.05, 0) is 80.9 Å². The molecule has 7 heteroatoms. The monoisotopic (exact) mass is 447 g/mol. The van der Waals surface area contributed by atoms with Crippen molar-refractivity contribution in [2.24, 2.45) is 17.8 Å². The van der Waals surface area contributed by atoms with Gasteiger partial charge < -0.3 is 20.6 Å². The summed E-state index contributed by atoms with van der Waals surface area (Å²) in [5, 5.41) is 18.0. The maximum absolute atomic E-state index is 12.0. The lowest BCUT2D eigenvalue weighted by Gasteiger charge is -2.58. The van der Waals surface area contributed by atoms with Crippen molar-refractivity contribution >= 4 is 23.4 Å². The molecule has 2 aromatic rings. The first-order valence-electron chi connectivity index (χ1n) is 12.4. The highest BCUT2D eigenvalue weighted by atomic mass is 16.3. The molecule has 5 fully saturated rings. The Morgan fingerprint density at radius 1 is 1.21 bits per heavy atom. The number of amides is 1. The zero-order valence-corrected chi connectivity index (χ0v) is 19.3. The zero-order valence-electron chi connectivity index (χ0n) is 19.3. The van der Waals surface area contributed by atoms with Crippen molar-refractivity contribution in [1.82, 2.24) is 14.9 Å². The fourth-order valence-electron chi connectivity index (χ4n) is 6.99. The highest BCUT2D eigenvalue weighted by molar-refractivity contribution is 5.78. The second-order valence-electron chi connectivity index (χ2n) is 10.8. The molecule has 3 N–H and O–H groups in total. The van der Waals surface area contributed by atoms with Crippen LogP contribution in [0.15, 0.2) is 30.5 Å². The predicted octanol–water partition coefficient (Wildman–Crippen LogP) is 4.00. The first-order valence-corrected chi connectivity index (χ1v) is 12.4. The SMILES string of the molecule is Cc1cnc(Nc2cccc(CN3CCCC3=O)c2)nc1NC1C2CC3CC1CC(O)(C3)C2. The van der Waals surface area contributed by atoms with Crippen molar-refractivity contribution < 1.29 is 9.90 Å². The summed E-state index contributed by atoms with van der Waals surface area (Å²) in [5.74, 6) is 3.44. The van der Waals surface area contributed by atoms with E-state index in [0.717, 1.165) is 54.9 Å². The van der Waals surface area contributed by atoms with Crippen molar-refractivity contribution in [2.75, 3.05) is 17.2 Å². The van der Waals surface area contributed by atoms with E-state index in [4.69, 9.17) is 4.98 Å². The lowest BCUT2D eigenvalue weighted by Crippen LogP contribution is -2.59. The van der Waals surface area contributed by atoms with Crippen LogP contribution in [0.1, 0.15) is 56.1 Å². The molecule has 1 aromatic carbocycles. The molecule has 1 amide bonds. The van der Waals surface area contributed by atoms with Crippen LogP contribution < -0.4 is 10.6 Å². The van der Waals surface area contributed by atoms with Gasteiger partial charge in [0.05, 0.1) is 5.60 Å². The number of anilines is 3. The normalized spacial score (nSPS) is 32.4. The van der Waals surface area contributed by atoms with E-state index < -0.39 is 5.60 Å². The molecular formula is C26H33N5O2. The summed E-state index contributed by atoms with van der Waals surface area (Å²) in [4.78, 5) is 23.2. The van der Waals surface area contributed by atoms with Gasteiger partial charge in [-0.1, -0.05) is 12.1 Å². The molecule has 2 heterocycles. The summed E-state index contributed by atoms with van der Waals surface area (Å²) in [6.45, 7) is 3.53. The van der Waals surface area contributed by atoms with Crippen molar-refractivity contribution in [1.29, 1.82) is 0 Å². The quantitative estimate of drug-likeness (QED) is 0.620. The zero-order chi connectivity index (χ0) is 22.6.